The second kappa shape index (κ2) is 8.10. The molecule has 2 aromatic rings. The van der Waals surface area contributed by atoms with Gasteiger partial charge in [-0.15, -0.1) is 0 Å². The first kappa shape index (κ1) is 20.0. The molecule has 3 rings (SSSR count). The molecule has 0 spiro atoms. The van der Waals surface area contributed by atoms with Crippen LogP contribution in [0.3, 0.4) is 0 Å². The summed E-state index contributed by atoms with van der Waals surface area (Å²) in [5.74, 6) is 0.732. The van der Waals surface area contributed by atoms with Crippen LogP contribution in [0.15, 0.2) is 47.4 Å². The van der Waals surface area contributed by atoms with Crippen LogP contribution in [0.1, 0.15) is 16.8 Å². The highest BCUT2D eigenvalue weighted by Gasteiger charge is 2.37. The number of methoxy groups -OCH3 is 3. The second-order valence-corrected chi connectivity index (χ2v) is 8.63. The number of benzene rings is 2. The van der Waals surface area contributed by atoms with Crippen LogP contribution in [0.4, 0.5) is 0 Å². The highest BCUT2D eigenvalue weighted by Crippen LogP contribution is 2.40. The van der Waals surface area contributed by atoms with Crippen molar-refractivity contribution in [3.8, 4) is 17.2 Å². The van der Waals surface area contributed by atoms with Crippen molar-refractivity contribution in [2.24, 2.45) is 0 Å². The molecule has 1 fully saturated rings. The van der Waals surface area contributed by atoms with Crippen LogP contribution < -0.4 is 14.2 Å². The summed E-state index contributed by atoms with van der Waals surface area (Å²) in [6.45, 7) is 0.487. The van der Waals surface area contributed by atoms with E-state index in [1.54, 1.807) is 42.5 Å². The number of likely N-dealkylation sites (tertiary alicyclic amines) is 1. The van der Waals surface area contributed by atoms with Gasteiger partial charge in [0.2, 0.25) is 5.75 Å². The molecule has 150 valence electrons. The Morgan fingerprint density at radius 3 is 2.25 bits per heavy atom. The molecule has 1 unspecified atom stereocenters. The zero-order valence-electron chi connectivity index (χ0n) is 16.0. The molecular weight excluding hydrogens is 382 g/mol. The van der Waals surface area contributed by atoms with Crippen molar-refractivity contribution in [3.63, 3.8) is 0 Å². The average molecular weight is 405 g/mol. The molecule has 0 bridgehead atoms. The largest absolute Gasteiger partial charge is 0.493 e. The monoisotopic (exact) mass is 405 g/mol. The van der Waals surface area contributed by atoms with E-state index in [4.69, 9.17) is 14.2 Å². The van der Waals surface area contributed by atoms with E-state index in [2.05, 4.69) is 0 Å². The first-order valence-corrected chi connectivity index (χ1v) is 10.4. The van der Waals surface area contributed by atoms with E-state index in [9.17, 15) is 13.2 Å². The maximum Gasteiger partial charge on any atom is 0.257 e. The molecule has 1 heterocycles. The van der Waals surface area contributed by atoms with Crippen LogP contribution in [0.25, 0.3) is 0 Å². The zero-order valence-corrected chi connectivity index (χ0v) is 16.9. The van der Waals surface area contributed by atoms with Gasteiger partial charge < -0.3 is 19.1 Å². The Balaban J connectivity index is 1.86. The number of rotatable bonds is 6. The second-order valence-electron chi connectivity index (χ2n) is 6.40. The van der Waals surface area contributed by atoms with Crippen LogP contribution in [0.5, 0.6) is 17.2 Å². The van der Waals surface area contributed by atoms with Crippen molar-refractivity contribution >= 4 is 15.7 Å². The van der Waals surface area contributed by atoms with Crippen LogP contribution >= 0.6 is 0 Å². The Labute approximate surface area is 164 Å². The van der Waals surface area contributed by atoms with E-state index in [0.29, 0.717) is 30.0 Å². The Hall–Kier alpha value is -2.74. The van der Waals surface area contributed by atoms with Crippen molar-refractivity contribution in [3.05, 3.63) is 48.0 Å². The van der Waals surface area contributed by atoms with Crippen molar-refractivity contribution in [1.82, 2.24) is 4.90 Å². The number of hydrogen-bond donors (Lipinski definition) is 0. The van der Waals surface area contributed by atoms with Crippen LogP contribution in [-0.2, 0) is 9.84 Å². The fraction of sp³-hybridized carbons (Fsp3) is 0.350. The molecule has 1 saturated heterocycles. The van der Waals surface area contributed by atoms with Crippen molar-refractivity contribution in [2.45, 2.75) is 16.6 Å². The Morgan fingerprint density at radius 1 is 0.964 bits per heavy atom. The Kier molecular flexibility index (Phi) is 5.79. The van der Waals surface area contributed by atoms with Gasteiger partial charge in [-0.3, -0.25) is 4.79 Å². The lowest BCUT2D eigenvalue weighted by Crippen LogP contribution is -2.32. The number of ether oxygens (including phenoxy) is 3. The quantitative estimate of drug-likeness (QED) is 0.734. The summed E-state index contributed by atoms with van der Waals surface area (Å²) in [4.78, 5) is 14.9. The lowest BCUT2D eigenvalue weighted by atomic mass is 10.1. The van der Waals surface area contributed by atoms with E-state index >= 15 is 0 Å². The van der Waals surface area contributed by atoms with Crippen LogP contribution in [-0.4, -0.2) is 58.9 Å². The third-order valence-corrected chi connectivity index (χ3v) is 7.07. The molecule has 0 saturated carbocycles. The minimum atomic E-state index is -3.50. The van der Waals surface area contributed by atoms with E-state index in [-0.39, 0.29) is 23.1 Å². The van der Waals surface area contributed by atoms with Gasteiger partial charge in [-0.1, -0.05) is 18.2 Å². The van der Waals surface area contributed by atoms with Gasteiger partial charge in [0.15, 0.2) is 21.3 Å². The topological polar surface area (TPSA) is 82.1 Å². The third-order valence-electron chi connectivity index (χ3n) is 4.88. The van der Waals surface area contributed by atoms with Gasteiger partial charge in [-0.2, -0.15) is 0 Å². The highest BCUT2D eigenvalue weighted by atomic mass is 32.2. The number of carbonyl (C=O) groups excluding carboxylic acids is 1. The smallest absolute Gasteiger partial charge is 0.257 e. The SMILES string of the molecule is COc1ccc(C(=O)N2CCC(S(=O)(=O)c3ccccc3)C2)c(OC)c1OC. The Morgan fingerprint density at radius 2 is 1.64 bits per heavy atom. The van der Waals surface area contributed by atoms with Gasteiger partial charge in [-0.05, 0) is 30.7 Å². The van der Waals surface area contributed by atoms with Gasteiger partial charge in [0.1, 0.15) is 0 Å². The highest BCUT2D eigenvalue weighted by molar-refractivity contribution is 7.92. The van der Waals surface area contributed by atoms with Crippen LogP contribution in [0.2, 0.25) is 0 Å². The first-order valence-electron chi connectivity index (χ1n) is 8.81. The average Bonchev–Trinajstić information content (AvgIpc) is 3.23. The minimum Gasteiger partial charge on any atom is -0.493 e. The molecule has 0 radical (unpaired) electrons. The molecule has 28 heavy (non-hydrogen) atoms. The van der Waals surface area contributed by atoms with E-state index in [1.165, 1.54) is 26.2 Å². The summed E-state index contributed by atoms with van der Waals surface area (Å²) < 4.78 is 41.6. The van der Waals surface area contributed by atoms with Gasteiger partial charge in [-0.25, -0.2) is 8.42 Å². The van der Waals surface area contributed by atoms with Crippen molar-refractivity contribution < 1.29 is 27.4 Å². The molecular formula is C20H23NO6S. The summed E-state index contributed by atoms with van der Waals surface area (Å²) in [6, 6.07) is 11.5. The van der Waals surface area contributed by atoms with Crippen LogP contribution in [0, 0.1) is 0 Å². The predicted octanol–water partition coefficient (Wildman–Crippen LogP) is 2.40. The van der Waals surface area contributed by atoms with Gasteiger partial charge >= 0.3 is 0 Å². The number of nitrogens with zero attached hydrogens (tertiary/aromatic N) is 1. The number of amides is 1. The lowest BCUT2D eigenvalue weighted by Gasteiger charge is -2.20. The first-order chi connectivity index (χ1) is 13.4. The molecule has 7 nitrogen and oxygen atoms in total. The van der Waals surface area contributed by atoms with E-state index < -0.39 is 15.1 Å². The predicted molar refractivity (Wildman–Crippen MR) is 104 cm³/mol. The zero-order chi connectivity index (χ0) is 20.3. The summed E-state index contributed by atoms with van der Waals surface area (Å²) >= 11 is 0. The molecule has 1 aliphatic heterocycles. The van der Waals surface area contributed by atoms with Gasteiger partial charge in [0.05, 0.1) is 37.0 Å². The molecule has 2 aromatic carbocycles. The summed E-state index contributed by atoms with van der Waals surface area (Å²) in [5.41, 5.74) is 0.304. The number of hydrogen-bond acceptors (Lipinski definition) is 6. The standard InChI is InChI=1S/C20H23NO6S/c1-25-17-10-9-16(18(26-2)19(17)27-3)20(22)21-12-11-15(13-21)28(23,24)14-7-5-4-6-8-14/h4-10,15H,11-13H2,1-3H3. The Bertz CT molecular complexity index is 958. The van der Waals surface area contributed by atoms with E-state index in [1.807, 2.05) is 0 Å². The van der Waals surface area contributed by atoms with Gasteiger partial charge in [0.25, 0.3) is 5.91 Å². The molecule has 1 amide bonds. The van der Waals surface area contributed by atoms with Gasteiger partial charge in [0, 0.05) is 13.1 Å². The fourth-order valence-electron chi connectivity index (χ4n) is 3.41. The summed E-state index contributed by atoms with van der Waals surface area (Å²) in [7, 11) is 0.912. The molecule has 0 N–H and O–H groups in total. The molecule has 8 heteroatoms. The summed E-state index contributed by atoms with van der Waals surface area (Å²) in [6.07, 6.45) is 0.387. The van der Waals surface area contributed by atoms with E-state index in [0.717, 1.165) is 0 Å². The summed E-state index contributed by atoms with van der Waals surface area (Å²) in [5, 5.41) is -0.634. The maximum atomic E-state index is 13.1. The maximum absolute atomic E-state index is 13.1. The molecule has 1 aliphatic rings. The van der Waals surface area contributed by atoms with Crippen molar-refractivity contribution in [1.29, 1.82) is 0 Å². The normalized spacial score (nSPS) is 16.7. The van der Waals surface area contributed by atoms with Crippen molar-refractivity contribution in [2.75, 3.05) is 34.4 Å². The fourth-order valence-corrected chi connectivity index (χ4v) is 5.12. The number of sulfone groups is 1. The minimum absolute atomic E-state index is 0.132. The third kappa shape index (κ3) is 3.52. The lowest BCUT2D eigenvalue weighted by molar-refractivity contribution is 0.0789. The number of carbonyl (C=O) groups is 1. The molecule has 0 aliphatic carbocycles. The molecule has 0 aromatic heterocycles. The molecule has 1 atom stereocenters.